The number of aromatic nitrogens is 2. The minimum Gasteiger partial charge on any atom is -0.466 e. The first-order valence-electron chi connectivity index (χ1n) is 5.98. The molecule has 0 bridgehead atoms. The summed E-state index contributed by atoms with van der Waals surface area (Å²) in [6, 6.07) is 0. The number of carbonyl (C=O) groups excluding carboxylic acids is 1. The molecule has 1 heterocycles. The highest BCUT2D eigenvalue weighted by atomic mass is 32.1. The van der Waals surface area contributed by atoms with Crippen LogP contribution in [0.25, 0.3) is 0 Å². The van der Waals surface area contributed by atoms with Gasteiger partial charge in [0.2, 0.25) is 5.01 Å². The number of ether oxygens (including phenoxy) is 4. The third-order valence-electron chi connectivity index (χ3n) is 1.95. The Morgan fingerprint density at radius 3 is 2.79 bits per heavy atom. The molecule has 1 aromatic heterocycles. The van der Waals surface area contributed by atoms with E-state index < -0.39 is 5.97 Å². The highest BCUT2D eigenvalue weighted by Gasteiger charge is 2.14. The molecule has 19 heavy (non-hydrogen) atoms. The maximum absolute atomic E-state index is 11.3. The van der Waals surface area contributed by atoms with Crippen LogP contribution in [0.3, 0.4) is 0 Å². The van der Waals surface area contributed by atoms with Crippen LogP contribution in [0.15, 0.2) is 0 Å². The van der Waals surface area contributed by atoms with Crippen molar-refractivity contribution in [3.05, 3.63) is 5.01 Å². The van der Waals surface area contributed by atoms with Crippen LogP contribution >= 0.6 is 11.3 Å². The lowest BCUT2D eigenvalue weighted by Gasteiger charge is -2.03. The second kappa shape index (κ2) is 9.65. The van der Waals surface area contributed by atoms with Gasteiger partial charge in [0.05, 0.1) is 13.2 Å². The van der Waals surface area contributed by atoms with Crippen molar-refractivity contribution in [2.45, 2.75) is 13.3 Å². The van der Waals surface area contributed by atoms with Crippen LogP contribution in [0.5, 0.6) is 5.19 Å². The predicted octanol–water partition coefficient (Wildman–Crippen LogP) is 1.15. The molecule has 8 heteroatoms. The molecule has 1 rings (SSSR count). The van der Waals surface area contributed by atoms with E-state index in [1.807, 2.05) is 0 Å². The molecule has 0 aliphatic carbocycles. The number of nitrogens with zero attached hydrogens (tertiary/aromatic N) is 2. The Bertz CT molecular complexity index is 372. The first-order chi connectivity index (χ1) is 9.27. The Hall–Kier alpha value is -1.25. The van der Waals surface area contributed by atoms with Gasteiger partial charge in [-0.3, -0.25) is 0 Å². The van der Waals surface area contributed by atoms with Gasteiger partial charge in [-0.2, -0.15) is 0 Å². The SMILES string of the molecule is CCOC(=O)c1nnc(OCCOCCCOC)s1. The Kier molecular flexibility index (Phi) is 8.03. The molecule has 7 nitrogen and oxygen atoms in total. The smallest absolute Gasteiger partial charge is 0.369 e. The van der Waals surface area contributed by atoms with Gasteiger partial charge in [-0.15, -0.1) is 5.10 Å². The van der Waals surface area contributed by atoms with Crippen molar-refractivity contribution in [3.8, 4) is 5.19 Å². The van der Waals surface area contributed by atoms with E-state index in [0.717, 1.165) is 17.8 Å². The number of rotatable bonds is 10. The lowest BCUT2D eigenvalue weighted by atomic mass is 10.5. The van der Waals surface area contributed by atoms with Gasteiger partial charge in [-0.1, -0.05) is 5.10 Å². The first-order valence-corrected chi connectivity index (χ1v) is 6.79. The largest absolute Gasteiger partial charge is 0.466 e. The third-order valence-corrected chi connectivity index (χ3v) is 2.76. The van der Waals surface area contributed by atoms with Crippen molar-refractivity contribution < 1.29 is 23.7 Å². The summed E-state index contributed by atoms with van der Waals surface area (Å²) in [5.74, 6) is -0.481. The van der Waals surface area contributed by atoms with Crippen LogP contribution in [0.4, 0.5) is 0 Å². The van der Waals surface area contributed by atoms with Gasteiger partial charge >= 0.3 is 5.97 Å². The van der Waals surface area contributed by atoms with Gasteiger partial charge in [-0.05, 0) is 24.7 Å². The van der Waals surface area contributed by atoms with Crippen molar-refractivity contribution in [1.82, 2.24) is 10.2 Å². The monoisotopic (exact) mass is 290 g/mol. The second-order valence-corrected chi connectivity index (χ2v) is 4.34. The summed E-state index contributed by atoms with van der Waals surface area (Å²) in [5.41, 5.74) is 0. The number of hydrogen-bond acceptors (Lipinski definition) is 8. The summed E-state index contributed by atoms with van der Waals surface area (Å²) in [6.07, 6.45) is 0.850. The van der Waals surface area contributed by atoms with E-state index in [2.05, 4.69) is 10.2 Å². The Balaban J connectivity index is 2.14. The topological polar surface area (TPSA) is 79.8 Å². The molecule has 0 aliphatic rings. The number of methoxy groups -OCH3 is 1. The van der Waals surface area contributed by atoms with Crippen LogP contribution in [0, 0.1) is 0 Å². The van der Waals surface area contributed by atoms with E-state index in [1.54, 1.807) is 14.0 Å². The number of hydrogen-bond donors (Lipinski definition) is 0. The molecular formula is C11H18N2O5S. The molecule has 0 spiro atoms. The van der Waals surface area contributed by atoms with Crippen LogP contribution in [-0.4, -0.2) is 56.3 Å². The number of esters is 1. The zero-order valence-corrected chi connectivity index (χ0v) is 11.9. The van der Waals surface area contributed by atoms with Gasteiger partial charge in [0.15, 0.2) is 0 Å². The van der Waals surface area contributed by atoms with Crippen LogP contribution in [0.2, 0.25) is 0 Å². The van der Waals surface area contributed by atoms with Crippen molar-refractivity contribution in [3.63, 3.8) is 0 Å². The minimum atomic E-state index is -0.481. The molecule has 0 amide bonds. The van der Waals surface area contributed by atoms with Crippen LogP contribution in [-0.2, 0) is 14.2 Å². The molecule has 0 aromatic carbocycles. The molecule has 0 radical (unpaired) electrons. The van der Waals surface area contributed by atoms with Crippen molar-refractivity contribution in [2.75, 3.05) is 40.1 Å². The van der Waals surface area contributed by atoms with E-state index in [4.69, 9.17) is 18.9 Å². The van der Waals surface area contributed by atoms with Gasteiger partial charge < -0.3 is 18.9 Å². The molecular weight excluding hydrogens is 272 g/mol. The summed E-state index contributed by atoms with van der Waals surface area (Å²) in [6.45, 7) is 4.17. The standard InChI is InChI=1S/C11H18N2O5S/c1-3-17-10(14)9-12-13-11(19-9)18-8-7-16-6-4-5-15-2/h3-8H2,1-2H3. The molecule has 0 aliphatic heterocycles. The van der Waals surface area contributed by atoms with Gasteiger partial charge in [-0.25, -0.2) is 4.79 Å². The maximum atomic E-state index is 11.3. The molecule has 0 saturated heterocycles. The summed E-state index contributed by atoms with van der Waals surface area (Å²) in [4.78, 5) is 11.3. The van der Waals surface area contributed by atoms with E-state index in [9.17, 15) is 4.79 Å². The molecule has 0 atom stereocenters. The van der Waals surface area contributed by atoms with E-state index in [-0.39, 0.29) is 5.01 Å². The highest BCUT2D eigenvalue weighted by Crippen LogP contribution is 2.18. The lowest BCUT2D eigenvalue weighted by Crippen LogP contribution is -2.08. The molecule has 0 fully saturated rings. The zero-order valence-electron chi connectivity index (χ0n) is 11.1. The lowest BCUT2D eigenvalue weighted by molar-refractivity contribution is 0.0525. The van der Waals surface area contributed by atoms with Gasteiger partial charge in [0, 0.05) is 20.3 Å². The van der Waals surface area contributed by atoms with E-state index in [0.29, 0.717) is 38.2 Å². The summed E-state index contributed by atoms with van der Waals surface area (Å²) >= 11 is 1.06. The highest BCUT2D eigenvalue weighted by molar-refractivity contribution is 7.14. The normalized spacial score (nSPS) is 10.4. The summed E-state index contributed by atoms with van der Waals surface area (Å²) in [5, 5.41) is 7.95. The van der Waals surface area contributed by atoms with Gasteiger partial charge in [0.25, 0.3) is 5.19 Å². The average Bonchev–Trinajstić information content (AvgIpc) is 2.87. The number of carbonyl (C=O) groups is 1. The maximum Gasteiger partial charge on any atom is 0.369 e. The van der Waals surface area contributed by atoms with E-state index >= 15 is 0 Å². The molecule has 108 valence electrons. The van der Waals surface area contributed by atoms with Gasteiger partial charge in [0.1, 0.15) is 6.61 Å². The van der Waals surface area contributed by atoms with Crippen molar-refractivity contribution in [2.24, 2.45) is 0 Å². The Labute approximate surface area is 115 Å². The third kappa shape index (κ3) is 6.46. The summed E-state index contributed by atoms with van der Waals surface area (Å²) in [7, 11) is 1.65. The Morgan fingerprint density at radius 1 is 1.21 bits per heavy atom. The predicted molar refractivity (Wildman–Crippen MR) is 68.7 cm³/mol. The minimum absolute atomic E-state index is 0.192. The quantitative estimate of drug-likeness (QED) is 0.472. The average molecular weight is 290 g/mol. The van der Waals surface area contributed by atoms with E-state index in [1.165, 1.54) is 0 Å². The second-order valence-electron chi connectivity index (χ2n) is 3.40. The first kappa shape index (κ1) is 15.8. The fourth-order valence-electron chi connectivity index (χ4n) is 1.14. The fraction of sp³-hybridized carbons (Fsp3) is 0.727. The summed E-state index contributed by atoms with van der Waals surface area (Å²) < 4.78 is 20.3. The van der Waals surface area contributed by atoms with Crippen LogP contribution in [0.1, 0.15) is 23.1 Å². The Morgan fingerprint density at radius 2 is 2.05 bits per heavy atom. The molecule has 1 aromatic rings. The van der Waals surface area contributed by atoms with Crippen LogP contribution < -0.4 is 4.74 Å². The van der Waals surface area contributed by atoms with Crippen molar-refractivity contribution in [1.29, 1.82) is 0 Å². The zero-order chi connectivity index (χ0) is 13.9. The molecule has 0 saturated carbocycles. The molecule has 0 N–H and O–H groups in total. The van der Waals surface area contributed by atoms with Crippen molar-refractivity contribution >= 4 is 17.3 Å². The molecule has 0 unspecified atom stereocenters. The fourth-order valence-corrected chi connectivity index (χ4v) is 1.75.